The van der Waals surface area contributed by atoms with Crippen molar-refractivity contribution in [2.45, 2.75) is 6.92 Å². The van der Waals surface area contributed by atoms with Gasteiger partial charge >= 0.3 is 5.97 Å². The van der Waals surface area contributed by atoms with Crippen molar-refractivity contribution in [3.8, 4) is 11.5 Å². The molecule has 0 heterocycles. The van der Waals surface area contributed by atoms with Crippen LogP contribution in [-0.2, 0) is 4.79 Å². The predicted molar refractivity (Wildman–Crippen MR) is 91.0 cm³/mol. The van der Waals surface area contributed by atoms with Crippen LogP contribution >= 0.6 is 15.9 Å². The molecule has 0 aliphatic heterocycles. The summed E-state index contributed by atoms with van der Waals surface area (Å²) >= 11 is 3.34. The molecular formula is C18H15BrO4. The van der Waals surface area contributed by atoms with Gasteiger partial charge in [0, 0.05) is 22.2 Å². The number of esters is 1. The minimum atomic E-state index is -0.570. The molecule has 5 heteroatoms. The fourth-order valence-electron chi connectivity index (χ4n) is 1.94. The largest absolute Gasteiger partial charge is 0.493 e. The van der Waals surface area contributed by atoms with Crippen LogP contribution in [-0.4, -0.2) is 18.4 Å². The Labute approximate surface area is 142 Å². The van der Waals surface area contributed by atoms with E-state index in [1.165, 1.54) is 6.07 Å². The molecule has 0 atom stereocenters. The smallest absolute Gasteiger partial charge is 0.335 e. The number of halogens is 1. The van der Waals surface area contributed by atoms with Crippen LogP contribution in [0.15, 0.2) is 59.6 Å². The molecule has 23 heavy (non-hydrogen) atoms. The van der Waals surface area contributed by atoms with E-state index in [0.717, 1.165) is 10.5 Å². The number of carbonyl (C=O) groups excluding carboxylic acids is 2. The van der Waals surface area contributed by atoms with E-state index in [1.807, 2.05) is 6.92 Å². The number of ketones is 1. The molecule has 118 valence electrons. The van der Waals surface area contributed by atoms with Gasteiger partial charge in [-0.25, -0.2) is 4.79 Å². The van der Waals surface area contributed by atoms with Crippen LogP contribution in [0.2, 0.25) is 0 Å². The number of benzene rings is 2. The number of rotatable bonds is 6. The standard InChI is InChI=1S/C18H15BrO4/c1-3-17(20)23-14-9-10-15(16(11-14)22-4-2)18(21)12-5-7-13(19)8-6-12/h3,5-11H,1,4H2,2H3. The van der Waals surface area contributed by atoms with E-state index in [2.05, 4.69) is 22.5 Å². The minimum absolute atomic E-state index is 0.164. The lowest BCUT2D eigenvalue weighted by Gasteiger charge is -2.11. The Morgan fingerprint density at radius 3 is 2.48 bits per heavy atom. The highest BCUT2D eigenvalue weighted by Crippen LogP contribution is 2.28. The first-order valence-corrected chi connectivity index (χ1v) is 7.75. The first kappa shape index (κ1) is 17.0. The molecule has 0 bridgehead atoms. The summed E-state index contributed by atoms with van der Waals surface area (Å²) in [5.41, 5.74) is 0.956. The van der Waals surface area contributed by atoms with Crippen molar-refractivity contribution in [2.75, 3.05) is 6.61 Å². The van der Waals surface area contributed by atoms with Crippen molar-refractivity contribution in [1.82, 2.24) is 0 Å². The van der Waals surface area contributed by atoms with Gasteiger partial charge in [0.05, 0.1) is 12.2 Å². The van der Waals surface area contributed by atoms with E-state index in [-0.39, 0.29) is 5.78 Å². The lowest BCUT2D eigenvalue weighted by molar-refractivity contribution is -0.128. The van der Waals surface area contributed by atoms with E-state index >= 15 is 0 Å². The van der Waals surface area contributed by atoms with Gasteiger partial charge in [0.15, 0.2) is 5.78 Å². The fraction of sp³-hybridized carbons (Fsp3) is 0.111. The number of hydrogen-bond acceptors (Lipinski definition) is 4. The van der Waals surface area contributed by atoms with Crippen LogP contribution in [0, 0.1) is 0 Å². The van der Waals surface area contributed by atoms with Gasteiger partial charge in [0.2, 0.25) is 0 Å². The molecule has 0 aromatic heterocycles. The summed E-state index contributed by atoms with van der Waals surface area (Å²) < 4.78 is 11.5. The second-order valence-electron chi connectivity index (χ2n) is 4.55. The van der Waals surface area contributed by atoms with Crippen molar-refractivity contribution < 1.29 is 19.1 Å². The van der Waals surface area contributed by atoms with E-state index in [9.17, 15) is 9.59 Å². The summed E-state index contributed by atoms with van der Waals surface area (Å²) in [6.07, 6.45) is 1.07. The molecule has 0 fully saturated rings. The van der Waals surface area contributed by atoms with Crippen molar-refractivity contribution in [1.29, 1.82) is 0 Å². The maximum atomic E-state index is 12.6. The highest BCUT2D eigenvalue weighted by atomic mass is 79.9. The summed E-state index contributed by atoms with van der Waals surface area (Å²) in [7, 11) is 0. The molecule has 0 saturated carbocycles. The average molecular weight is 375 g/mol. The van der Waals surface area contributed by atoms with Crippen molar-refractivity contribution in [3.63, 3.8) is 0 Å². The third kappa shape index (κ3) is 4.29. The molecule has 0 radical (unpaired) electrons. The van der Waals surface area contributed by atoms with Gasteiger partial charge in [-0.3, -0.25) is 4.79 Å². The molecule has 0 aliphatic rings. The summed E-state index contributed by atoms with van der Waals surface area (Å²) in [5.74, 6) is -0.0672. The molecular weight excluding hydrogens is 360 g/mol. The highest BCUT2D eigenvalue weighted by Gasteiger charge is 2.16. The van der Waals surface area contributed by atoms with Gasteiger partial charge < -0.3 is 9.47 Å². The third-order valence-corrected chi connectivity index (χ3v) is 3.52. The zero-order valence-corrected chi connectivity index (χ0v) is 14.1. The second kappa shape index (κ2) is 7.74. The first-order chi connectivity index (χ1) is 11.0. The SMILES string of the molecule is C=CC(=O)Oc1ccc(C(=O)c2ccc(Br)cc2)c(OCC)c1. The second-order valence-corrected chi connectivity index (χ2v) is 5.47. The zero-order valence-electron chi connectivity index (χ0n) is 12.5. The van der Waals surface area contributed by atoms with Gasteiger partial charge in [0.25, 0.3) is 0 Å². The molecule has 0 spiro atoms. The molecule has 2 aromatic carbocycles. The van der Waals surface area contributed by atoms with Crippen molar-refractivity contribution in [2.24, 2.45) is 0 Å². The van der Waals surface area contributed by atoms with Gasteiger partial charge in [-0.2, -0.15) is 0 Å². The van der Waals surface area contributed by atoms with Gasteiger partial charge in [-0.05, 0) is 43.3 Å². The first-order valence-electron chi connectivity index (χ1n) is 6.96. The number of ether oxygens (including phenoxy) is 2. The number of hydrogen-bond donors (Lipinski definition) is 0. The predicted octanol–water partition coefficient (Wildman–Crippen LogP) is 4.17. The normalized spacial score (nSPS) is 10.0. The van der Waals surface area contributed by atoms with Crippen LogP contribution in [0.1, 0.15) is 22.8 Å². The van der Waals surface area contributed by atoms with Crippen molar-refractivity contribution >= 4 is 27.7 Å². The number of carbonyl (C=O) groups is 2. The molecule has 0 amide bonds. The summed E-state index contributed by atoms with van der Waals surface area (Å²) in [6.45, 7) is 5.55. The van der Waals surface area contributed by atoms with E-state index in [1.54, 1.807) is 36.4 Å². The van der Waals surface area contributed by atoms with E-state index in [4.69, 9.17) is 9.47 Å². The lowest BCUT2D eigenvalue weighted by Crippen LogP contribution is -2.07. The molecule has 0 saturated heterocycles. The quantitative estimate of drug-likeness (QED) is 0.329. The molecule has 0 N–H and O–H groups in total. The van der Waals surface area contributed by atoms with E-state index in [0.29, 0.717) is 29.2 Å². The van der Waals surface area contributed by atoms with Crippen LogP contribution < -0.4 is 9.47 Å². The third-order valence-electron chi connectivity index (χ3n) is 2.99. The van der Waals surface area contributed by atoms with Crippen LogP contribution in [0.5, 0.6) is 11.5 Å². The molecule has 2 aromatic rings. The van der Waals surface area contributed by atoms with E-state index < -0.39 is 5.97 Å². The topological polar surface area (TPSA) is 52.6 Å². The van der Waals surface area contributed by atoms with Crippen LogP contribution in [0.25, 0.3) is 0 Å². The highest BCUT2D eigenvalue weighted by molar-refractivity contribution is 9.10. The monoisotopic (exact) mass is 374 g/mol. The maximum absolute atomic E-state index is 12.6. The van der Waals surface area contributed by atoms with Gasteiger partial charge in [-0.1, -0.05) is 22.5 Å². The zero-order chi connectivity index (χ0) is 16.8. The molecule has 2 rings (SSSR count). The Morgan fingerprint density at radius 2 is 1.87 bits per heavy atom. The Hall–Kier alpha value is -2.40. The fourth-order valence-corrected chi connectivity index (χ4v) is 2.21. The Morgan fingerprint density at radius 1 is 1.17 bits per heavy atom. The van der Waals surface area contributed by atoms with Gasteiger partial charge in [0.1, 0.15) is 11.5 Å². The van der Waals surface area contributed by atoms with Crippen LogP contribution in [0.4, 0.5) is 0 Å². The Balaban J connectivity index is 2.36. The summed E-state index contributed by atoms with van der Waals surface area (Å²) in [4.78, 5) is 23.9. The minimum Gasteiger partial charge on any atom is -0.493 e. The Bertz CT molecular complexity index is 735. The molecule has 0 aliphatic carbocycles. The summed E-state index contributed by atoms with van der Waals surface area (Å²) in [5, 5.41) is 0. The lowest BCUT2D eigenvalue weighted by atomic mass is 10.0. The average Bonchev–Trinajstić information content (AvgIpc) is 2.55. The Kier molecular flexibility index (Phi) is 5.71. The molecule has 0 unspecified atom stereocenters. The maximum Gasteiger partial charge on any atom is 0.335 e. The van der Waals surface area contributed by atoms with Crippen LogP contribution in [0.3, 0.4) is 0 Å². The van der Waals surface area contributed by atoms with Crippen molar-refractivity contribution in [3.05, 3.63) is 70.7 Å². The summed E-state index contributed by atoms with van der Waals surface area (Å²) in [6, 6.07) is 11.7. The molecule has 4 nitrogen and oxygen atoms in total. The van der Waals surface area contributed by atoms with Gasteiger partial charge in [-0.15, -0.1) is 0 Å².